The lowest BCUT2D eigenvalue weighted by atomic mass is 10.1. The molecule has 0 aliphatic carbocycles. The van der Waals surface area contributed by atoms with E-state index in [1.807, 2.05) is 0 Å². The van der Waals surface area contributed by atoms with Crippen molar-refractivity contribution in [2.45, 2.75) is 12.7 Å². The molecule has 0 aliphatic rings. The molecule has 0 unspecified atom stereocenters. The van der Waals surface area contributed by atoms with Crippen molar-refractivity contribution in [2.75, 3.05) is 11.9 Å². The Morgan fingerprint density at radius 3 is 2.10 bits per heavy atom. The van der Waals surface area contributed by atoms with E-state index in [1.54, 1.807) is 18.0 Å². The summed E-state index contributed by atoms with van der Waals surface area (Å²) in [6, 6.07) is 9.47. The second-order valence-corrected chi connectivity index (χ2v) is 4.58. The zero-order valence-corrected chi connectivity index (χ0v) is 11.3. The summed E-state index contributed by atoms with van der Waals surface area (Å²) >= 11 is 0. The molecule has 112 valence electrons. The van der Waals surface area contributed by atoms with Crippen LogP contribution in [0.3, 0.4) is 0 Å². The molecule has 2 N–H and O–H groups in total. The molecule has 2 nitrogen and oxygen atoms in total. The van der Waals surface area contributed by atoms with Crippen LogP contribution in [0.2, 0.25) is 0 Å². The van der Waals surface area contributed by atoms with Gasteiger partial charge in [-0.15, -0.1) is 0 Å². The topological polar surface area (TPSA) is 29.3 Å². The van der Waals surface area contributed by atoms with Crippen LogP contribution in [0.15, 0.2) is 42.5 Å². The van der Waals surface area contributed by atoms with E-state index in [-0.39, 0.29) is 12.1 Å². The van der Waals surface area contributed by atoms with E-state index in [9.17, 15) is 17.6 Å². The average Bonchev–Trinajstić information content (AvgIpc) is 2.45. The molecule has 2 aromatic carbocycles. The lowest BCUT2D eigenvalue weighted by Gasteiger charge is -2.22. The number of nitrogens with two attached hydrogens (primary N) is 1. The van der Waals surface area contributed by atoms with E-state index in [4.69, 9.17) is 5.73 Å². The lowest BCUT2D eigenvalue weighted by Crippen LogP contribution is -2.15. The zero-order valence-electron chi connectivity index (χ0n) is 11.3. The molecule has 0 radical (unpaired) electrons. The summed E-state index contributed by atoms with van der Waals surface area (Å²) in [7, 11) is 1.62. The molecule has 0 saturated carbocycles. The molecule has 6 heteroatoms. The van der Waals surface area contributed by atoms with E-state index in [0.29, 0.717) is 11.4 Å². The molecule has 0 bridgehead atoms. The third kappa shape index (κ3) is 3.33. The summed E-state index contributed by atoms with van der Waals surface area (Å²) in [5.41, 5.74) is 5.57. The van der Waals surface area contributed by atoms with Crippen molar-refractivity contribution in [1.82, 2.24) is 0 Å². The molecule has 0 heterocycles. The molecule has 21 heavy (non-hydrogen) atoms. The van der Waals surface area contributed by atoms with Gasteiger partial charge in [-0.3, -0.25) is 0 Å². The summed E-state index contributed by atoms with van der Waals surface area (Å²) in [5, 5.41) is 0. The van der Waals surface area contributed by atoms with Crippen LogP contribution < -0.4 is 10.6 Å². The number of hydrogen-bond donors (Lipinski definition) is 1. The maximum absolute atomic E-state index is 13.0. The number of rotatable bonds is 3. The van der Waals surface area contributed by atoms with Gasteiger partial charge in [0.15, 0.2) is 0 Å². The first-order valence-electron chi connectivity index (χ1n) is 6.22. The highest BCUT2D eigenvalue weighted by Crippen LogP contribution is 2.35. The van der Waals surface area contributed by atoms with Crippen LogP contribution in [-0.4, -0.2) is 7.05 Å². The summed E-state index contributed by atoms with van der Waals surface area (Å²) in [6.45, 7) is -0.185. The predicted molar refractivity (Wildman–Crippen MR) is 73.8 cm³/mol. The quantitative estimate of drug-likeness (QED) is 0.865. The Morgan fingerprint density at radius 1 is 1.00 bits per heavy atom. The Kier molecular flexibility index (Phi) is 4.18. The molecule has 2 aromatic rings. The maximum Gasteiger partial charge on any atom is 0.416 e. The third-order valence-corrected chi connectivity index (χ3v) is 3.22. The monoisotopic (exact) mass is 298 g/mol. The molecule has 2 rings (SSSR count). The van der Waals surface area contributed by atoms with Gasteiger partial charge in [-0.1, -0.05) is 6.07 Å². The summed E-state index contributed by atoms with van der Waals surface area (Å²) in [6.07, 6.45) is -4.46. The fourth-order valence-electron chi connectivity index (χ4n) is 2.03. The smallest absolute Gasteiger partial charge is 0.345 e. The van der Waals surface area contributed by atoms with Crippen molar-refractivity contribution in [3.05, 3.63) is 59.4 Å². The Bertz CT molecular complexity index is 621. The Balaban J connectivity index is 2.42. The first kappa shape index (κ1) is 15.3. The third-order valence-electron chi connectivity index (χ3n) is 3.22. The highest BCUT2D eigenvalue weighted by atomic mass is 19.4. The Labute approximate surface area is 119 Å². The maximum atomic E-state index is 13.0. The van der Waals surface area contributed by atoms with E-state index >= 15 is 0 Å². The van der Waals surface area contributed by atoms with Crippen LogP contribution in [0.4, 0.5) is 28.9 Å². The molecule has 0 fully saturated rings. The van der Waals surface area contributed by atoms with Crippen LogP contribution in [0, 0.1) is 5.82 Å². The van der Waals surface area contributed by atoms with Crippen LogP contribution in [0.1, 0.15) is 11.1 Å². The van der Waals surface area contributed by atoms with Crippen LogP contribution >= 0.6 is 0 Å². The molecule has 0 spiro atoms. The van der Waals surface area contributed by atoms with Gasteiger partial charge in [0.1, 0.15) is 5.82 Å². The summed E-state index contributed by atoms with van der Waals surface area (Å²) in [5.74, 6) is -0.401. The highest BCUT2D eigenvalue weighted by Gasteiger charge is 2.33. The lowest BCUT2D eigenvalue weighted by molar-refractivity contribution is -0.138. The molecular weight excluding hydrogens is 284 g/mol. The summed E-state index contributed by atoms with van der Waals surface area (Å²) < 4.78 is 51.9. The zero-order chi connectivity index (χ0) is 15.6. The van der Waals surface area contributed by atoms with Gasteiger partial charge in [-0.05, 0) is 42.0 Å². The first-order chi connectivity index (χ1) is 9.82. The Hall–Kier alpha value is -2.08. The fourth-order valence-corrected chi connectivity index (χ4v) is 2.03. The van der Waals surface area contributed by atoms with Crippen molar-refractivity contribution in [2.24, 2.45) is 5.73 Å². The van der Waals surface area contributed by atoms with Gasteiger partial charge in [0.25, 0.3) is 0 Å². The highest BCUT2D eigenvalue weighted by molar-refractivity contribution is 5.64. The minimum atomic E-state index is -4.46. The minimum absolute atomic E-state index is 0.0405. The van der Waals surface area contributed by atoms with Gasteiger partial charge in [-0.2, -0.15) is 13.2 Å². The number of hydrogen-bond acceptors (Lipinski definition) is 2. The second kappa shape index (κ2) is 5.73. The van der Waals surface area contributed by atoms with E-state index in [1.165, 1.54) is 30.3 Å². The van der Waals surface area contributed by atoms with E-state index in [2.05, 4.69) is 0 Å². The molecule has 0 aromatic heterocycles. The normalized spacial score (nSPS) is 11.5. The number of halogens is 4. The first-order valence-corrected chi connectivity index (χ1v) is 6.22. The Morgan fingerprint density at radius 2 is 1.57 bits per heavy atom. The van der Waals surface area contributed by atoms with E-state index in [0.717, 1.165) is 6.07 Å². The van der Waals surface area contributed by atoms with Crippen LogP contribution in [0.25, 0.3) is 0 Å². The summed E-state index contributed by atoms with van der Waals surface area (Å²) in [4.78, 5) is 1.55. The number of anilines is 2. The SMILES string of the molecule is CN(c1ccc(F)cc1)c1ccc(CN)c(C(F)(F)F)c1. The van der Waals surface area contributed by atoms with Gasteiger partial charge in [0.2, 0.25) is 0 Å². The van der Waals surface area contributed by atoms with E-state index < -0.39 is 17.6 Å². The van der Waals surface area contributed by atoms with Crippen LogP contribution in [-0.2, 0) is 12.7 Å². The van der Waals surface area contributed by atoms with Crippen molar-refractivity contribution < 1.29 is 17.6 Å². The molecule has 0 amide bonds. The molecule has 0 saturated heterocycles. The van der Waals surface area contributed by atoms with Crippen LogP contribution in [0.5, 0.6) is 0 Å². The van der Waals surface area contributed by atoms with Gasteiger partial charge in [0, 0.05) is 25.0 Å². The van der Waals surface area contributed by atoms with Crippen molar-refractivity contribution >= 4 is 11.4 Å². The predicted octanol–water partition coefficient (Wildman–Crippen LogP) is 4.07. The number of benzene rings is 2. The standard InChI is InChI=1S/C15H14F4N2/c1-21(12-6-3-11(16)4-7-12)13-5-2-10(9-20)14(8-13)15(17,18)19/h2-8H,9,20H2,1H3. The van der Waals surface area contributed by atoms with Gasteiger partial charge in [-0.25, -0.2) is 4.39 Å². The van der Waals surface area contributed by atoms with Gasteiger partial charge < -0.3 is 10.6 Å². The van der Waals surface area contributed by atoms with Crippen molar-refractivity contribution in [3.63, 3.8) is 0 Å². The van der Waals surface area contributed by atoms with Crippen molar-refractivity contribution in [3.8, 4) is 0 Å². The average molecular weight is 298 g/mol. The number of alkyl halides is 3. The van der Waals surface area contributed by atoms with Crippen molar-refractivity contribution in [1.29, 1.82) is 0 Å². The molecular formula is C15H14F4N2. The second-order valence-electron chi connectivity index (χ2n) is 4.58. The molecule has 0 atom stereocenters. The largest absolute Gasteiger partial charge is 0.416 e. The fraction of sp³-hybridized carbons (Fsp3) is 0.200. The number of nitrogens with zero attached hydrogens (tertiary/aromatic N) is 1. The minimum Gasteiger partial charge on any atom is -0.345 e. The molecule has 0 aliphatic heterocycles. The van der Waals surface area contributed by atoms with Gasteiger partial charge in [0.05, 0.1) is 5.56 Å². The van der Waals surface area contributed by atoms with Gasteiger partial charge >= 0.3 is 6.18 Å².